The van der Waals surface area contributed by atoms with Gasteiger partial charge in [-0.05, 0) is 29.8 Å². The van der Waals surface area contributed by atoms with Crippen LogP contribution in [0.4, 0.5) is 0 Å². The SMILES string of the molecule is NS(=O)(=O)N1CCC2(CC1)CC(=O)c1cc(-c3ccc(Cl)cc3Cl)ccc1O2. The van der Waals surface area contributed by atoms with Crippen molar-refractivity contribution >= 4 is 39.2 Å². The van der Waals surface area contributed by atoms with Crippen LogP contribution in [0.1, 0.15) is 29.6 Å². The number of nitrogens with two attached hydrogens (primary N) is 1. The number of halogens is 2. The average molecular weight is 441 g/mol. The van der Waals surface area contributed by atoms with Crippen molar-refractivity contribution in [1.82, 2.24) is 4.31 Å². The number of piperidine rings is 1. The van der Waals surface area contributed by atoms with Crippen LogP contribution in [0.2, 0.25) is 10.0 Å². The molecule has 0 radical (unpaired) electrons. The Bertz CT molecular complexity index is 1060. The van der Waals surface area contributed by atoms with E-state index in [1.807, 2.05) is 12.1 Å². The van der Waals surface area contributed by atoms with Crippen molar-refractivity contribution in [3.63, 3.8) is 0 Å². The molecule has 0 unspecified atom stereocenters. The summed E-state index contributed by atoms with van der Waals surface area (Å²) in [6, 6.07) is 10.6. The topological polar surface area (TPSA) is 89.7 Å². The van der Waals surface area contributed by atoms with E-state index in [9.17, 15) is 13.2 Å². The Morgan fingerprint density at radius 3 is 2.39 bits per heavy atom. The molecule has 1 fully saturated rings. The molecule has 2 N–H and O–H groups in total. The van der Waals surface area contributed by atoms with E-state index in [2.05, 4.69) is 0 Å². The second-order valence-corrected chi connectivity index (χ2v) is 9.55. The number of benzene rings is 2. The van der Waals surface area contributed by atoms with E-state index in [1.54, 1.807) is 24.3 Å². The Morgan fingerprint density at radius 1 is 1.04 bits per heavy atom. The molecule has 0 saturated carbocycles. The molecule has 0 atom stereocenters. The summed E-state index contributed by atoms with van der Waals surface area (Å²) in [4.78, 5) is 12.9. The van der Waals surface area contributed by atoms with Crippen LogP contribution < -0.4 is 9.88 Å². The lowest BCUT2D eigenvalue weighted by Crippen LogP contribution is -2.53. The summed E-state index contributed by atoms with van der Waals surface area (Å²) >= 11 is 12.2. The molecule has 0 bridgehead atoms. The molecule has 0 aromatic heterocycles. The molecule has 0 aliphatic carbocycles. The zero-order valence-corrected chi connectivity index (χ0v) is 17.1. The molecule has 0 amide bonds. The van der Waals surface area contributed by atoms with E-state index >= 15 is 0 Å². The lowest BCUT2D eigenvalue weighted by atomic mass is 9.82. The minimum atomic E-state index is -3.73. The van der Waals surface area contributed by atoms with E-state index in [0.29, 0.717) is 34.2 Å². The quantitative estimate of drug-likeness (QED) is 0.770. The second-order valence-electron chi connectivity index (χ2n) is 7.16. The summed E-state index contributed by atoms with van der Waals surface area (Å²) in [5, 5.41) is 6.24. The predicted molar refractivity (Wildman–Crippen MR) is 108 cm³/mol. The van der Waals surface area contributed by atoms with Gasteiger partial charge in [0.25, 0.3) is 10.2 Å². The maximum absolute atomic E-state index is 12.9. The molecule has 2 aromatic carbocycles. The molecule has 9 heteroatoms. The number of carbonyl (C=O) groups excluding carboxylic acids is 1. The number of carbonyl (C=O) groups is 1. The highest BCUT2D eigenvalue weighted by molar-refractivity contribution is 7.86. The van der Waals surface area contributed by atoms with Crippen molar-refractivity contribution in [2.45, 2.75) is 24.9 Å². The molecule has 1 spiro atoms. The third-order valence-electron chi connectivity index (χ3n) is 5.32. The summed E-state index contributed by atoms with van der Waals surface area (Å²) in [5.74, 6) is 0.478. The van der Waals surface area contributed by atoms with Crippen molar-refractivity contribution in [2.24, 2.45) is 5.14 Å². The molecule has 2 aliphatic rings. The Balaban J connectivity index is 1.61. The lowest BCUT2D eigenvalue weighted by molar-refractivity contribution is 0.00594. The molecule has 2 heterocycles. The number of nitrogens with zero attached hydrogens (tertiary/aromatic N) is 1. The van der Waals surface area contributed by atoms with Crippen molar-refractivity contribution < 1.29 is 17.9 Å². The number of hydrogen-bond donors (Lipinski definition) is 1. The molecule has 4 rings (SSSR count). The molecule has 2 aliphatic heterocycles. The normalized spacial score (nSPS) is 19.3. The standard InChI is InChI=1S/C19H18Cl2N2O4S/c20-13-2-3-14(16(21)10-13)12-1-4-18-15(9-12)17(24)11-19(27-18)5-7-23(8-6-19)28(22,25)26/h1-4,9-10H,5-8,11H2,(H2,22,25,26). The van der Waals surface area contributed by atoms with E-state index in [-0.39, 0.29) is 25.3 Å². The van der Waals surface area contributed by atoms with Gasteiger partial charge in [-0.1, -0.05) is 35.3 Å². The van der Waals surface area contributed by atoms with Crippen LogP contribution in [0.25, 0.3) is 11.1 Å². The van der Waals surface area contributed by atoms with Gasteiger partial charge in [-0.3, -0.25) is 4.79 Å². The van der Waals surface area contributed by atoms with Crippen molar-refractivity contribution in [1.29, 1.82) is 0 Å². The molecule has 28 heavy (non-hydrogen) atoms. The number of ketones is 1. The summed E-state index contributed by atoms with van der Waals surface area (Å²) in [6.45, 7) is 0.472. The summed E-state index contributed by atoms with van der Waals surface area (Å²) in [6.07, 6.45) is 1.04. The molecule has 1 saturated heterocycles. The van der Waals surface area contributed by atoms with Gasteiger partial charge in [-0.15, -0.1) is 0 Å². The second kappa shape index (κ2) is 7.00. The summed E-state index contributed by atoms with van der Waals surface area (Å²) < 4.78 is 30.4. The highest BCUT2D eigenvalue weighted by Gasteiger charge is 2.44. The van der Waals surface area contributed by atoms with Crippen molar-refractivity contribution in [2.75, 3.05) is 13.1 Å². The van der Waals surface area contributed by atoms with Crippen molar-refractivity contribution in [3.05, 3.63) is 52.0 Å². The Hall–Kier alpha value is -1.64. The number of ether oxygens (including phenoxy) is 1. The fraction of sp³-hybridized carbons (Fsp3) is 0.316. The first-order valence-electron chi connectivity index (χ1n) is 8.76. The van der Waals surface area contributed by atoms with Gasteiger partial charge in [0.15, 0.2) is 5.78 Å². The maximum atomic E-state index is 12.9. The largest absolute Gasteiger partial charge is 0.486 e. The zero-order chi connectivity index (χ0) is 20.1. The third kappa shape index (κ3) is 3.65. The first kappa shape index (κ1) is 19.7. The highest BCUT2D eigenvalue weighted by Crippen LogP contribution is 2.41. The van der Waals surface area contributed by atoms with E-state index in [0.717, 1.165) is 11.1 Å². The molecular weight excluding hydrogens is 423 g/mol. The van der Waals surface area contributed by atoms with Crippen LogP contribution in [0, 0.1) is 0 Å². The zero-order valence-electron chi connectivity index (χ0n) is 14.8. The first-order chi connectivity index (χ1) is 13.2. The summed E-state index contributed by atoms with van der Waals surface area (Å²) in [5.41, 5.74) is 1.40. The van der Waals surface area contributed by atoms with Gasteiger partial charge >= 0.3 is 0 Å². The number of fused-ring (bicyclic) bond motifs is 1. The minimum absolute atomic E-state index is 0.0303. The molecule has 2 aromatic rings. The fourth-order valence-corrected chi connectivity index (χ4v) is 5.02. The Morgan fingerprint density at radius 2 is 1.75 bits per heavy atom. The van der Waals surface area contributed by atoms with Crippen LogP contribution in [-0.2, 0) is 10.2 Å². The van der Waals surface area contributed by atoms with Crippen LogP contribution in [0.5, 0.6) is 5.75 Å². The number of Topliss-reactive ketones (excluding diaryl/α,β-unsaturated/α-hetero) is 1. The van der Waals surface area contributed by atoms with Crippen LogP contribution in [0.15, 0.2) is 36.4 Å². The monoisotopic (exact) mass is 440 g/mol. The molecular formula is C19H18Cl2N2O4S. The highest BCUT2D eigenvalue weighted by atomic mass is 35.5. The van der Waals surface area contributed by atoms with Crippen LogP contribution in [-0.4, -0.2) is 37.2 Å². The van der Waals surface area contributed by atoms with Gasteiger partial charge in [0.1, 0.15) is 11.4 Å². The van der Waals surface area contributed by atoms with Gasteiger partial charge < -0.3 is 4.74 Å². The van der Waals surface area contributed by atoms with E-state index in [4.69, 9.17) is 33.1 Å². The van der Waals surface area contributed by atoms with E-state index in [1.165, 1.54) is 4.31 Å². The van der Waals surface area contributed by atoms with Gasteiger partial charge in [0, 0.05) is 41.5 Å². The van der Waals surface area contributed by atoms with Gasteiger partial charge in [0.2, 0.25) is 0 Å². The predicted octanol–water partition coefficient (Wildman–Crippen LogP) is 3.66. The van der Waals surface area contributed by atoms with Gasteiger partial charge in [0.05, 0.1) is 12.0 Å². The van der Waals surface area contributed by atoms with Gasteiger partial charge in [-0.25, -0.2) is 5.14 Å². The van der Waals surface area contributed by atoms with Crippen molar-refractivity contribution in [3.8, 4) is 16.9 Å². The Kier molecular flexibility index (Phi) is 4.92. The van der Waals surface area contributed by atoms with Crippen LogP contribution in [0.3, 0.4) is 0 Å². The Labute approximate surface area is 173 Å². The van der Waals surface area contributed by atoms with Gasteiger partial charge in [-0.2, -0.15) is 12.7 Å². The van der Waals surface area contributed by atoms with Crippen LogP contribution >= 0.6 is 23.2 Å². The molecule has 6 nitrogen and oxygen atoms in total. The summed E-state index contributed by atoms with van der Waals surface area (Å²) in [7, 11) is -3.73. The molecule has 148 valence electrons. The fourth-order valence-electron chi connectivity index (χ4n) is 3.81. The van der Waals surface area contributed by atoms with E-state index < -0.39 is 15.8 Å². The lowest BCUT2D eigenvalue weighted by Gasteiger charge is -2.43. The minimum Gasteiger partial charge on any atom is -0.486 e. The third-order valence-corrected chi connectivity index (χ3v) is 6.96. The first-order valence-corrected chi connectivity index (χ1v) is 11.0. The smallest absolute Gasteiger partial charge is 0.276 e. The number of rotatable bonds is 2. The number of hydrogen-bond acceptors (Lipinski definition) is 4. The maximum Gasteiger partial charge on any atom is 0.276 e. The average Bonchev–Trinajstić information content (AvgIpc) is 2.61.